The van der Waals surface area contributed by atoms with Crippen LogP contribution in [-0.2, 0) is 6.54 Å². The lowest BCUT2D eigenvalue weighted by molar-refractivity contribution is 0.501. The van der Waals surface area contributed by atoms with Crippen LogP contribution >= 0.6 is 0 Å². The Morgan fingerprint density at radius 3 is 2.88 bits per heavy atom. The number of rotatable bonds is 7. The molecule has 2 rings (SSSR count). The second-order valence-electron chi connectivity index (χ2n) is 4.82. The maximum Gasteiger partial charge on any atom is 0.297 e. The van der Waals surface area contributed by atoms with E-state index in [1.54, 1.807) is 6.26 Å². The summed E-state index contributed by atoms with van der Waals surface area (Å²) in [7, 11) is 0. The number of aromatic nitrogens is 1. The molecule has 1 aliphatic carbocycles. The normalized spacial score (nSPS) is 17.1. The molecule has 4 nitrogen and oxygen atoms in total. The fourth-order valence-electron chi connectivity index (χ4n) is 1.90. The predicted octanol–water partition coefficient (Wildman–Crippen LogP) is 2.55. The molecular weight excluding hydrogens is 214 g/mol. The van der Waals surface area contributed by atoms with Gasteiger partial charge in [0.25, 0.3) is 6.01 Å². The van der Waals surface area contributed by atoms with E-state index in [1.165, 1.54) is 12.8 Å². The van der Waals surface area contributed by atoms with Crippen LogP contribution in [0, 0.1) is 0 Å². The van der Waals surface area contributed by atoms with Crippen LogP contribution in [0.2, 0.25) is 0 Å². The van der Waals surface area contributed by atoms with Crippen molar-refractivity contribution in [2.45, 2.75) is 58.7 Å². The van der Waals surface area contributed by atoms with Crippen molar-refractivity contribution in [3.63, 3.8) is 0 Å². The molecule has 1 unspecified atom stereocenters. The minimum atomic E-state index is 0.475. The zero-order chi connectivity index (χ0) is 12.3. The first kappa shape index (κ1) is 12.4. The molecule has 1 aromatic rings. The molecule has 1 aliphatic rings. The Hall–Kier alpha value is -1.03. The van der Waals surface area contributed by atoms with Crippen molar-refractivity contribution >= 4 is 6.01 Å². The van der Waals surface area contributed by atoms with Crippen LogP contribution in [0.4, 0.5) is 6.01 Å². The van der Waals surface area contributed by atoms with Gasteiger partial charge >= 0.3 is 0 Å². The quantitative estimate of drug-likeness (QED) is 0.791. The van der Waals surface area contributed by atoms with Gasteiger partial charge in [0.2, 0.25) is 0 Å². The lowest BCUT2D eigenvalue weighted by Gasteiger charge is -2.24. The molecule has 0 aliphatic heterocycles. The van der Waals surface area contributed by atoms with Crippen LogP contribution in [0.25, 0.3) is 0 Å². The molecule has 0 bridgehead atoms. The van der Waals surface area contributed by atoms with Gasteiger partial charge in [-0.3, -0.25) is 0 Å². The SMILES string of the molecule is CCC(C)N(CC)c1nc(CNC2CC2)co1. The average molecular weight is 237 g/mol. The molecule has 17 heavy (non-hydrogen) atoms. The number of hydrogen-bond donors (Lipinski definition) is 1. The zero-order valence-electron chi connectivity index (χ0n) is 11.1. The Morgan fingerprint density at radius 1 is 1.53 bits per heavy atom. The van der Waals surface area contributed by atoms with Crippen molar-refractivity contribution in [2.24, 2.45) is 0 Å². The van der Waals surface area contributed by atoms with Crippen LogP contribution in [-0.4, -0.2) is 23.6 Å². The van der Waals surface area contributed by atoms with Gasteiger partial charge in [-0.2, -0.15) is 4.98 Å². The first-order chi connectivity index (χ1) is 8.24. The number of anilines is 1. The summed E-state index contributed by atoms with van der Waals surface area (Å²) in [5.74, 6) is 0. The molecule has 1 atom stereocenters. The van der Waals surface area contributed by atoms with E-state index in [1.807, 2.05) is 0 Å². The maximum atomic E-state index is 5.57. The third-order valence-electron chi connectivity index (χ3n) is 3.40. The molecule has 1 N–H and O–H groups in total. The molecule has 1 aromatic heterocycles. The molecular formula is C13H23N3O. The standard InChI is InChI=1S/C13H23N3O/c1-4-10(3)16(5-2)13-15-12(9-17-13)8-14-11-6-7-11/h9-11,14H,4-8H2,1-3H3. The zero-order valence-corrected chi connectivity index (χ0v) is 11.1. The van der Waals surface area contributed by atoms with Crippen LogP contribution in [0.15, 0.2) is 10.7 Å². The highest BCUT2D eigenvalue weighted by atomic mass is 16.4. The van der Waals surface area contributed by atoms with E-state index in [0.29, 0.717) is 12.1 Å². The fraction of sp³-hybridized carbons (Fsp3) is 0.769. The lowest BCUT2D eigenvalue weighted by Crippen LogP contribution is -2.32. The monoisotopic (exact) mass is 237 g/mol. The van der Waals surface area contributed by atoms with Gasteiger partial charge < -0.3 is 14.6 Å². The van der Waals surface area contributed by atoms with E-state index in [0.717, 1.165) is 31.2 Å². The van der Waals surface area contributed by atoms with Gasteiger partial charge in [0, 0.05) is 25.2 Å². The van der Waals surface area contributed by atoms with Gasteiger partial charge in [0.05, 0.1) is 5.69 Å². The largest absolute Gasteiger partial charge is 0.432 e. The molecule has 1 fully saturated rings. The van der Waals surface area contributed by atoms with Gasteiger partial charge in [0.1, 0.15) is 6.26 Å². The molecule has 0 saturated heterocycles. The van der Waals surface area contributed by atoms with Crippen LogP contribution < -0.4 is 10.2 Å². The summed E-state index contributed by atoms with van der Waals surface area (Å²) in [4.78, 5) is 6.76. The molecule has 96 valence electrons. The van der Waals surface area contributed by atoms with Crippen molar-refractivity contribution in [3.05, 3.63) is 12.0 Å². The molecule has 4 heteroatoms. The molecule has 1 saturated carbocycles. The van der Waals surface area contributed by atoms with Crippen molar-refractivity contribution in [1.82, 2.24) is 10.3 Å². The Morgan fingerprint density at radius 2 is 2.29 bits per heavy atom. The van der Waals surface area contributed by atoms with Gasteiger partial charge in [-0.1, -0.05) is 6.92 Å². The Bertz CT molecular complexity index is 346. The molecule has 0 spiro atoms. The van der Waals surface area contributed by atoms with Crippen LogP contribution in [0.3, 0.4) is 0 Å². The van der Waals surface area contributed by atoms with Gasteiger partial charge in [-0.25, -0.2) is 0 Å². The second-order valence-corrected chi connectivity index (χ2v) is 4.82. The number of oxazole rings is 1. The minimum absolute atomic E-state index is 0.475. The third-order valence-corrected chi connectivity index (χ3v) is 3.40. The first-order valence-electron chi connectivity index (χ1n) is 6.69. The minimum Gasteiger partial charge on any atom is -0.432 e. The van der Waals surface area contributed by atoms with E-state index in [2.05, 4.69) is 36.0 Å². The van der Waals surface area contributed by atoms with Crippen molar-refractivity contribution in [1.29, 1.82) is 0 Å². The summed E-state index contributed by atoms with van der Waals surface area (Å²) in [5.41, 5.74) is 1.01. The topological polar surface area (TPSA) is 41.3 Å². The maximum absolute atomic E-state index is 5.57. The van der Waals surface area contributed by atoms with Gasteiger partial charge in [-0.15, -0.1) is 0 Å². The van der Waals surface area contributed by atoms with Crippen LogP contribution in [0.5, 0.6) is 0 Å². The first-order valence-corrected chi connectivity index (χ1v) is 6.69. The molecule has 0 amide bonds. The van der Waals surface area contributed by atoms with Crippen LogP contribution in [0.1, 0.15) is 45.7 Å². The smallest absolute Gasteiger partial charge is 0.297 e. The number of nitrogens with one attached hydrogen (secondary N) is 1. The Kier molecular flexibility index (Phi) is 4.05. The summed E-state index contributed by atoms with van der Waals surface area (Å²) in [6.07, 6.45) is 5.49. The van der Waals surface area contributed by atoms with E-state index >= 15 is 0 Å². The van der Waals surface area contributed by atoms with E-state index in [9.17, 15) is 0 Å². The summed E-state index contributed by atoms with van der Waals surface area (Å²) in [6, 6.07) is 1.95. The molecule has 1 heterocycles. The van der Waals surface area contributed by atoms with Crippen molar-refractivity contribution in [2.75, 3.05) is 11.4 Å². The number of hydrogen-bond acceptors (Lipinski definition) is 4. The highest BCUT2D eigenvalue weighted by molar-refractivity contribution is 5.28. The van der Waals surface area contributed by atoms with Gasteiger partial charge in [-0.05, 0) is 33.1 Å². The van der Waals surface area contributed by atoms with Crippen molar-refractivity contribution in [3.8, 4) is 0 Å². The summed E-state index contributed by atoms with van der Waals surface area (Å²) in [6.45, 7) is 8.29. The fourth-order valence-corrected chi connectivity index (χ4v) is 1.90. The lowest BCUT2D eigenvalue weighted by atomic mass is 10.2. The molecule has 0 aromatic carbocycles. The van der Waals surface area contributed by atoms with Gasteiger partial charge in [0.15, 0.2) is 0 Å². The third kappa shape index (κ3) is 3.22. The number of nitrogens with zero attached hydrogens (tertiary/aromatic N) is 2. The Labute approximate surface area is 103 Å². The summed E-state index contributed by atoms with van der Waals surface area (Å²) >= 11 is 0. The average Bonchev–Trinajstić information content (AvgIpc) is 3.07. The highest BCUT2D eigenvalue weighted by Gasteiger charge is 2.21. The second kappa shape index (κ2) is 5.54. The van der Waals surface area contributed by atoms with E-state index in [4.69, 9.17) is 4.42 Å². The molecule has 0 radical (unpaired) electrons. The predicted molar refractivity (Wildman–Crippen MR) is 69.1 cm³/mol. The van der Waals surface area contributed by atoms with Crippen molar-refractivity contribution < 1.29 is 4.42 Å². The Balaban J connectivity index is 1.94. The highest BCUT2D eigenvalue weighted by Crippen LogP contribution is 2.21. The summed E-state index contributed by atoms with van der Waals surface area (Å²) in [5, 5.41) is 3.45. The summed E-state index contributed by atoms with van der Waals surface area (Å²) < 4.78 is 5.57. The van der Waals surface area contributed by atoms with E-state index < -0.39 is 0 Å². The van der Waals surface area contributed by atoms with E-state index in [-0.39, 0.29) is 0 Å².